The zero-order valence-corrected chi connectivity index (χ0v) is 33.4. The van der Waals surface area contributed by atoms with Crippen molar-refractivity contribution in [1.82, 2.24) is 5.32 Å². The van der Waals surface area contributed by atoms with Crippen LogP contribution in [-0.2, 0) is 61.7 Å². The second-order valence-corrected chi connectivity index (χ2v) is 20.8. The molecule has 1 saturated heterocycles. The lowest BCUT2D eigenvalue weighted by Crippen LogP contribution is -2.82. The predicted molar refractivity (Wildman–Crippen MR) is 185 cm³/mol. The number of fused-ring (bicyclic) bond motifs is 5. The monoisotopic (exact) mass is 768 g/mol. The number of ketones is 1. The highest BCUT2D eigenvalue weighted by Crippen LogP contribution is 2.64. The molecule has 0 spiro atoms. The molecule has 2 saturated carbocycles. The molecule has 0 radical (unpaired) electrons. The van der Waals surface area contributed by atoms with Crippen molar-refractivity contribution < 1.29 is 66.8 Å². The molecule has 17 nitrogen and oxygen atoms in total. The van der Waals surface area contributed by atoms with Crippen molar-refractivity contribution in [2.45, 2.75) is 149 Å². The molecule has 2 N–H and O–H groups in total. The fourth-order valence-corrected chi connectivity index (χ4v) is 10.0. The number of aliphatic hydroxyl groups is 1. The summed E-state index contributed by atoms with van der Waals surface area (Å²) in [5.74, 6) is -6.20. The molecule has 0 aromatic rings. The SMILES string of the molecule is CC(=O)NC(C)C(O[Si](C)(C)C)C(=O)OC1CC2(O)C(OC(C)=O)C3C4(OC(C)=O)COC4CC(ON=O)[C@@]3(C)C(=O)C(OC(C)=O)C(=C1C)C2(C)C. The van der Waals surface area contributed by atoms with Gasteiger partial charge in [0.25, 0.3) is 0 Å². The van der Waals surface area contributed by atoms with E-state index in [4.69, 9.17) is 32.9 Å². The number of ether oxygens (including phenoxy) is 5. The van der Waals surface area contributed by atoms with Crippen LogP contribution in [0.15, 0.2) is 16.5 Å². The third kappa shape index (κ3) is 7.26. The van der Waals surface area contributed by atoms with Crippen molar-refractivity contribution in [3.8, 4) is 0 Å². The summed E-state index contributed by atoms with van der Waals surface area (Å²) in [4.78, 5) is 97.1. The van der Waals surface area contributed by atoms with Crippen molar-refractivity contribution in [1.29, 1.82) is 0 Å². The number of nitrogens with one attached hydrogen (secondary N) is 1. The standard InChI is InChI=1S/C35H52N2O15Si/c1-16-22(49-31(43)26(52-53(10,11)12)17(2)36-18(3)38)14-35(44)30(48-20(5)40)28-33(9,29(42)27(47-19(4)39)25(16)32(35,7)8)23(51-37-45)13-24-34(28,15-46-24)50-21(6)41/h17,22-24,26-28,30,44H,13-15H2,1-12H3,(H,36,38)/t17?,22?,23?,24?,26?,27?,28?,30?,33-,34?,35?/m1/s1. The van der Waals surface area contributed by atoms with Crippen LogP contribution in [0.1, 0.15) is 75.2 Å². The maximum atomic E-state index is 15.3. The number of hydrogen-bond donors (Lipinski definition) is 2. The summed E-state index contributed by atoms with van der Waals surface area (Å²) in [6.45, 7) is 17.5. The highest BCUT2D eigenvalue weighted by molar-refractivity contribution is 6.69. The number of amides is 1. The predicted octanol–water partition coefficient (Wildman–Crippen LogP) is 2.36. The van der Waals surface area contributed by atoms with Gasteiger partial charge in [0.2, 0.25) is 5.91 Å². The summed E-state index contributed by atoms with van der Waals surface area (Å²) < 4.78 is 35.9. The Morgan fingerprint density at radius 1 is 0.981 bits per heavy atom. The van der Waals surface area contributed by atoms with Gasteiger partial charge in [-0.15, -0.1) is 4.91 Å². The molecular formula is C35H52N2O15Si. The molecule has 4 aliphatic rings. The lowest BCUT2D eigenvalue weighted by Gasteiger charge is -2.67. The van der Waals surface area contributed by atoms with E-state index in [0.717, 1.165) is 20.8 Å². The van der Waals surface area contributed by atoms with Crippen LogP contribution in [0, 0.1) is 21.7 Å². The van der Waals surface area contributed by atoms with Crippen LogP contribution < -0.4 is 5.32 Å². The average molecular weight is 769 g/mol. The molecule has 11 atom stereocenters. The molecule has 0 aromatic heterocycles. The number of carbonyl (C=O) groups is 6. The Labute approximate surface area is 309 Å². The number of hydrogen-bond acceptors (Lipinski definition) is 16. The summed E-state index contributed by atoms with van der Waals surface area (Å²) in [6.07, 6.45) is -9.19. The molecule has 2 bridgehead atoms. The van der Waals surface area contributed by atoms with E-state index in [9.17, 15) is 34.0 Å². The normalized spacial score (nSPS) is 35.7. The number of Topliss-reactive ketones (excluding diaryl/α,β-unsaturated/α-hetero) is 1. The van der Waals surface area contributed by atoms with Gasteiger partial charge in [0, 0.05) is 46.0 Å². The highest BCUT2D eigenvalue weighted by Gasteiger charge is 2.79. The molecule has 3 fully saturated rings. The van der Waals surface area contributed by atoms with E-state index in [1.807, 2.05) is 19.6 Å². The Morgan fingerprint density at radius 2 is 1.58 bits per heavy atom. The maximum absolute atomic E-state index is 15.3. The van der Waals surface area contributed by atoms with Gasteiger partial charge in [-0.1, -0.05) is 13.8 Å². The molecule has 53 heavy (non-hydrogen) atoms. The van der Waals surface area contributed by atoms with E-state index in [2.05, 4.69) is 10.7 Å². The lowest BCUT2D eigenvalue weighted by atomic mass is 9.44. The third-order valence-electron chi connectivity index (χ3n) is 11.2. The van der Waals surface area contributed by atoms with Gasteiger partial charge in [0.05, 0.1) is 24.0 Å². The minimum Gasteiger partial charge on any atom is -0.459 e. The summed E-state index contributed by atoms with van der Waals surface area (Å²) >= 11 is 0. The number of rotatable bonds is 11. The molecular weight excluding hydrogens is 716 g/mol. The van der Waals surface area contributed by atoms with Gasteiger partial charge in [-0.25, -0.2) is 4.79 Å². The Bertz CT molecular complexity index is 1590. The molecule has 1 amide bonds. The zero-order chi connectivity index (χ0) is 40.2. The van der Waals surface area contributed by atoms with Gasteiger partial charge < -0.3 is 43.4 Å². The van der Waals surface area contributed by atoms with Crippen LogP contribution in [0.5, 0.6) is 0 Å². The summed E-state index contributed by atoms with van der Waals surface area (Å²) in [6, 6.07) is -0.845. The van der Waals surface area contributed by atoms with E-state index in [0.29, 0.717) is 0 Å². The molecule has 10 unspecified atom stereocenters. The second kappa shape index (κ2) is 14.5. The smallest absolute Gasteiger partial charge is 0.336 e. The van der Waals surface area contributed by atoms with Gasteiger partial charge in [-0.2, -0.15) is 0 Å². The van der Waals surface area contributed by atoms with Crippen LogP contribution in [-0.4, -0.2) is 109 Å². The average Bonchev–Trinajstić information content (AvgIpc) is 2.99. The Hall–Kier alpha value is -3.74. The largest absolute Gasteiger partial charge is 0.459 e. The van der Waals surface area contributed by atoms with E-state index in [1.165, 1.54) is 13.8 Å². The van der Waals surface area contributed by atoms with Crippen LogP contribution in [0.4, 0.5) is 0 Å². The second-order valence-electron chi connectivity index (χ2n) is 16.3. The Morgan fingerprint density at radius 3 is 2.06 bits per heavy atom. The molecule has 4 rings (SSSR count). The summed E-state index contributed by atoms with van der Waals surface area (Å²) in [7, 11) is -2.46. The summed E-state index contributed by atoms with van der Waals surface area (Å²) in [5.41, 5.74) is -7.32. The van der Waals surface area contributed by atoms with E-state index < -0.39 is 121 Å². The lowest BCUT2D eigenvalue weighted by molar-refractivity contribution is -0.350. The number of nitrogens with zero attached hydrogens (tertiary/aromatic N) is 1. The number of esters is 4. The van der Waals surface area contributed by atoms with Gasteiger partial charge in [-0.05, 0) is 51.6 Å². The molecule has 296 valence electrons. The van der Waals surface area contributed by atoms with Gasteiger partial charge in [0.15, 0.2) is 37.2 Å². The van der Waals surface area contributed by atoms with Crippen LogP contribution in [0.3, 0.4) is 0 Å². The van der Waals surface area contributed by atoms with Gasteiger partial charge in [0.1, 0.15) is 30.0 Å². The van der Waals surface area contributed by atoms with Crippen molar-refractivity contribution in [2.75, 3.05) is 6.61 Å². The molecule has 3 aliphatic carbocycles. The van der Waals surface area contributed by atoms with Crippen LogP contribution in [0.25, 0.3) is 0 Å². The van der Waals surface area contributed by atoms with Crippen LogP contribution >= 0.6 is 0 Å². The first-order chi connectivity index (χ1) is 24.3. The molecule has 1 heterocycles. The zero-order valence-electron chi connectivity index (χ0n) is 32.4. The Kier molecular flexibility index (Phi) is 11.5. The first-order valence-corrected chi connectivity index (χ1v) is 21.0. The molecule has 18 heteroatoms. The third-order valence-corrected chi connectivity index (χ3v) is 12.2. The maximum Gasteiger partial charge on any atom is 0.336 e. The summed E-state index contributed by atoms with van der Waals surface area (Å²) in [5, 5.41) is 18.6. The first-order valence-electron chi connectivity index (χ1n) is 17.6. The molecule has 0 aromatic carbocycles. The minimum absolute atomic E-state index is 0.0463. The van der Waals surface area contributed by atoms with E-state index in [-0.39, 0.29) is 24.2 Å². The van der Waals surface area contributed by atoms with Crippen LogP contribution in [0.2, 0.25) is 19.6 Å². The van der Waals surface area contributed by atoms with Gasteiger partial charge in [-0.3, -0.25) is 24.0 Å². The first kappa shape index (κ1) is 42.0. The van der Waals surface area contributed by atoms with E-state index >= 15 is 4.79 Å². The topological polar surface area (TPSA) is 229 Å². The fourth-order valence-electron chi connectivity index (χ4n) is 8.96. The van der Waals surface area contributed by atoms with Gasteiger partial charge >= 0.3 is 23.9 Å². The highest BCUT2D eigenvalue weighted by atomic mass is 28.4. The van der Waals surface area contributed by atoms with Crippen molar-refractivity contribution >= 4 is 43.9 Å². The van der Waals surface area contributed by atoms with Crippen molar-refractivity contribution in [2.24, 2.45) is 22.1 Å². The fraction of sp³-hybridized carbons (Fsp3) is 0.771. The van der Waals surface area contributed by atoms with Crippen molar-refractivity contribution in [3.05, 3.63) is 16.1 Å². The quantitative estimate of drug-likeness (QED) is 0.0768. The number of carbonyl (C=O) groups excluding carboxylic acids is 6. The Balaban J connectivity index is 2.05. The van der Waals surface area contributed by atoms with E-state index in [1.54, 1.807) is 27.7 Å². The van der Waals surface area contributed by atoms with Crippen molar-refractivity contribution in [3.63, 3.8) is 0 Å². The molecule has 1 aliphatic heterocycles. The minimum atomic E-state index is -2.46.